The van der Waals surface area contributed by atoms with Crippen LogP contribution in [-0.4, -0.2) is 36.2 Å². The normalized spacial score (nSPS) is 12.2. The second kappa shape index (κ2) is 6.09. The number of nitrogens with one attached hydrogen (secondary N) is 2. The van der Waals surface area contributed by atoms with Gasteiger partial charge in [-0.05, 0) is 13.5 Å². The minimum atomic E-state index is 0.216. The smallest absolute Gasteiger partial charge is 0.244 e. The fourth-order valence-electron chi connectivity index (χ4n) is 1.30. The van der Waals surface area contributed by atoms with E-state index in [9.17, 15) is 0 Å². The molecule has 6 N–H and O–H groups in total. The number of ether oxygens (including phenoxy) is 1. The van der Waals surface area contributed by atoms with Crippen LogP contribution in [0.4, 0.5) is 17.5 Å². The number of nitrogens with two attached hydrogens (primary N) is 2. The van der Waals surface area contributed by atoms with Crippen molar-refractivity contribution in [2.24, 2.45) is 0 Å². The average molecular weight is 240 g/mol. The van der Waals surface area contributed by atoms with E-state index in [0.717, 1.165) is 6.54 Å². The Morgan fingerprint density at radius 3 is 2.65 bits per heavy atom. The summed E-state index contributed by atoms with van der Waals surface area (Å²) in [5.74, 6) is 0.921. The van der Waals surface area contributed by atoms with Crippen molar-refractivity contribution < 1.29 is 4.74 Å². The highest BCUT2D eigenvalue weighted by atomic mass is 16.5. The molecule has 1 atom stereocenters. The SMILES string of the molecule is CCNC(C)COc1nc(NC)nc(N)c1N. The molecule has 1 rings (SSSR count). The molecule has 0 bridgehead atoms. The Balaban J connectivity index is 2.72. The third-order valence-electron chi connectivity index (χ3n) is 2.19. The summed E-state index contributed by atoms with van der Waals surface area (Å²) in [6, 6.07) is 0.216. The molecule has 1 aromatic rings. The molecule has 0 aliphatic heterocycles. The first kappa shape index (κ1) is 13.3. The topological polar surface area (TPSA) is 111 Å². The summed E-state index contributed by atoms with van der Waals surface area (Å²) in [7, 11) is 1.70. The molecule has 7 nitrogen and oxygen atoms in total. The van der Waals surface area contributed by atoms with Gasteiger partial charge in [-0.1, -0.05) is 6.92 Å². The second-order valence-corrected chi connectivity index (χ2v) is 3.67. The van der Waals surface area contributed by atoms with Gasteiger partial charge in [0.2, 0.25) is 11.8 Å². The van der Waals surface area contributed by atoms with E-state index in [-0.39, 0.29) is 17.5 Å². The molecule has 1 heterocycles. The van der Waals surface area contributed by atoms with Crippen molar-refractivity contribution in [3.05, 3.63) is 0 Å². The van der Waals surface area contributed by atoms with Crippen molar-refractivity contribution in [1.82, 2.24) is 15.3 Å². The van der Waals surface area contributed by atoms with Gasteiger partial charge in [0.25, 0.3) is 0 Å². The summed E-state index contributed by atoms with van der Waals surface area (Å²) >= 11 is 0. The van der Waals surface area contributed by atoms with Crippen LogP contribution in [0.2, 0.25) is 0 Å². The summed E-state index contributed by atoms with van der Waals surface area (Å²) in [4.78, 5) is 8.06. The number of hydrogen-bond donors (Lipinski definition) is 4. The highest BCUT2D eigenvalue weighted by molar-refractivity contribution is 5.66. The predicted octanol–water partition coefficient (Wildman–Crippen LogP) is 0.0595. The number of anilines is 3. The minimum absolute atomic E-state index is 0.216. The van der Waals surface area contributed by atoms with E-state index in [1.807, 2.05) is 13.8 Å². The van der Waals surface area contributed by atoms with E-state index in [2.05, 4.69) is 20.6 Å². The van der Waals surface area contributed by atoms with Gasteiger partial charge in [0.15, 0.2) is 5.82 Å². The lowest BCUT2D eigenvalue weighted by Gasteiger charge is -2.15. The lowest BCUT2D eigenvalue weighted by molar-refractivity contribution is 0.267. The Labute approximate surface area is 101 Å². The molecule has 0 spiro atoms. The number of likely N-dealkylation sites (N-methyl/N-ethyl adjacent to an activating group) is 1. The van der Waals surface area contributed by atoms with Crippen molar-refractivity contribution in [3.63, 3.8) is 0 Å². The lowest BCUT2D eigenvalue weighted by atomic mass is 10.3. The molecule has 0 aromatic carbocycles. The molecule has 0 amide bonds. The van der Waals surface area contributed by atoms with E-state index in [1.165, 1.54) is 0 Å². The summed E-state index contributed by atoms with van der Waals surface area (Å²) < 4.78 is 5.52. The van der Waals surface area contributed by atoms with Crippen molar-refractivity contribution in [3.8, 4) is 5.88 Å². The van der Waals surface area contributed by atoms with Crippen LogP contribution in [0.25, 0.3) is 0 Å². The van der Waals surface area contributed by atoms with Gasteiger partial charge >= 0.3 is 0 Å². The quantitative estimate of drug-likeness (QED) is 0.556. The molecule has 96 valence electrons. The molecule has 0 aliphatic carbocycles. The van der Waals surface area contributed by atoms with Gasteiger partial charge in [0.05, 0.1) is 0 Å². The van der Waals surface area contributed by atoms with Crippen molar-refractivity contribution >= 4 is 17.5 Å². The molecule has 0 aliphatic rings. The lowest BCUT2D eigenvalue weighted by Crippen LogP contribution is -2.31. The standard InChI is InChI=1S/C10H20N6O/c1-4-14-6(2)5-17-9-7(11)8(12)15-10(13-3)16-9/h6,14H,4-5,11H2,1-3H3,(H3,12,13,15,16). The molecule has 0 radical (unpaired) electrons. The van der Waals surface area contributed by atoms with Crippen LogP contribution in [-0.2, 0) is 0 Å². The van der Waals surface area contributed by atoms with Gasteiger partial charge in [-0.2, -0.15) is 9.97 Å². The zero-order valence-corrected chi connectivity index (χ0v) is 10.4. The van der Waals surface area contributed by atoms with Crippen LogP contribution in [0.5, 0.6) is 5.88 Å². The fourth-order valence-corrected chi connectivity index (χ4v) is 1.30. The Morgan fingerprint density at radius 2 is 2.06 bits per heavy atom. The van der Waals surface area contributed by atoms with E-state index in [4.69, 9.17) is 16.2 Å². The van der Waals surface area contributed by atoms with Crippen molar-refractivity contribution in [1.29, 1.82) is 0 Å². The minimum Gasteiger partial charge on any atom is -0.474 e. The van der Waals surface area contributed by atoms with Crippen LogP contribution in [0.1, 0.15) is 13.8 Å². The molecule has 1 aromatic heterocycles. The van der Waals surface area contributed by atoms with Gasteiger partial charge < -0.3 is 26.8 Å². The van der Waals surface area contributed by atoms with E-state index < -0.39 is 0 Å². The third kappa shape index (κ3) is 3.63. The maximum atomic E-state index is 5.74. The van der Waals surface area contributed by atoms with E-state index in [1.54, 1.807) is 7.05 Å². The average Bonchev–Trinajstić information content (AvgIpc) is 2.31. The zero-order chi connectivity index (χ0) is 12.8. The molecule has 0 saturated carbocycles. The summed E-state index contributed by atoms with van der Waals surface area (Å²) in [6.45, 7) is 5.40. The van der Waals surface area contributed by atoms with Gasteiger partial charge in [0, 0.05) is 13.1 Å². The molecule has 7 heteroatoms. The largest absolute Gasteiger partial charge is 0.474 e. The molecule has 17 heavy (non-hydrogen) atoms. The maximum Gasteiger partial charge on any atom is 0.244 e. The number of rotatable bonds is 6. The first-order valence-electron chi connectivity index (χ1n) is 5.55. The molecule has 0 saturated heterocycles. The van der Waals surface area contributed by atoms with Crippen LogP contribution >= 0.6 is 0 Å². The Kier molecular flexibility index (Phi) is 4.77. The predicted molar refractivity (Wildman–Crippen MR) is 69.0 cm³/mol. The number of hydrogen-bond acceptors (Lipinski definition) is 7. The second-order valence-electron chi connectivity index (χ2n) is 3.67. The monoisotopic (exact) mass is 240 g/mol. The first-order valence-corrected chi connectivity index (χ1v) is 5.55. The summed E-state index contributed by atoms with van der Waals surface area (Å²) in [5.41, 5.74) is 11.7. The number of nitrogens with zero attached hydrogens (tertiary/aromatic N) is 2. The fraction of sp³-hybridized carbons (Fsp3) is 0.600. The molecular formula is C10H20N6O. The van der Waals surface area contributed by atoms with Crippen LogP contribution in [0, 0.1) is 0 Å². The highest BCUT2D eigenvalue weighted by Gasteiger charge is 2.11. The van der Waals surface area contributed by atoms with Gasteiger partial charge in [-0.3, -0.25) is 0 Å². The van der Waals surface area contributed by atoms with E-state index >= 15 is 0 Å². The van der Waals surface area contributed by atoms with Gasteiger partial charge in [-0.25, -0.2) is 0 Å². The third-order valence-corrected chi connectivity index (χ3v) is 2.19. The van der Waals surface area contributed by atoms with E-state index in [0.29, 0.717) is 18.4 Å². The Morgan fingerprint density at radius 1 is 1.35 bits per heavy atom. The Bertz CT molecular complexity index is 370. The first-order chi connectivity index (χ1) is 8.08. The molecule has 0 fully saturated rings. The van der Waals surface area contributed by atoms with Gasteiger partial charge in [-0.15, -0.1) is 0 Å². The van der Waals surface area contributed by atoms with Crippen LogP contribution in [0.3, 0.4) is 0 Å². The highest BCUT2D eigenvalue weighted by Crippen LogP contribution is 2.25. The molecule has 1 unspecified atom stereocenters. The Hall–Kier alpha value is -1.76. The zero-order valence-electron chi connectivity index (χ0n) is 10.4. The number of aromatic nitrogens is 2. The van der Waals surface area contributed by atoms with Crippen LogP contribution < -0.4 is 26.8 Å². The number of nitrogen functional groups attached to an aromatic ring is 2. The van der Waals surface area contributed by atoms with Crippen molar-refractivity contribution in [2.75, 3.05) is 37.0 Å². The van der Waals surface area contributed by atoms with Gasteiger partial charge in [0.1, 0.15) is 12.3 Å². The van der Waals surface area contributed by atoms with Crippen molar-refractivity contribution in [2.45, 2.75) is 19.9 Å². The maximum absolute atomic E-state index is 5.74. The summed E-state index contributed by atoms with van der Waals surface area (Å²) in [5, 5.41) is 6.02. The molecular weight excluding hydrogens is 220 g/mol. The summed E-state index contributed by atoms with van der Waals surface area (Å²) in [6.07, 6.45) is 0. The van der Waals surface area contributed by atoms with Crippen LogP contribution in [0.15, 0.2) is 0 Å².